The standard InChI is InChI=1S/C12H18O2/c1-8(6-12(13)14)11-7-9-2-4-10(11)5-3-9/h6,9-11H,2-5,7H2,1H3,(H,13,14)/b8-6+. The van der Waals surface area contributed by atoms with Crippen LogP contribution in [0.25, 0.3) is 0 Å². The molecule has 0 heterocycles. The number of rotatable bonds is 2. The maximum Gasteiger partial charge on any atom is 0.328 e. The van der Waals surface area contributed by atoms with Gasteiger partial charge in [-0.1, -0.05) is 18.4 Å². The molecule has 0 saturated heterocycles. The number of carboxylic acids is 1. The van der Waals surface area contributed by atoms with Crippen molar-refractivity contribution in [3.05, 3.63) is 11.6 Å². The quantitative estimate of drug-likeness (QED) is 0.686. The van der Waals surface area contributed by atoms with E-state index in [1.54, 1.807) is 0 Å². The summed E-state index contributed by atoms with van der Waals surface area (Å²) in [6.07, 6.45) is 8.04. The van der Waals surface area contributed by atoms with Crippen LogP contribution in [-0.4, -0.2) is 11.1 Å². The highest BCUT2D eigenvalue weighted by atomic mass is 16.4. The predicted molar refractivity (Wildman–Crippen MR) is 54.9 cm³/mol. The molecule has 0 aromatic rings. The smallest absolute Gasteiger partial charge is 0.328 e. The summed E-state index contributed by atoms with van der Waals surface area (Å²) >= 11 is 0. The lowest BCUT2D eigenvalue weighted by molar-refractivity contribution is -0.131. The molecule has 0 aromatic heterocycles. The monoisotopic (exact) mass is 194 g/mol. The second kappa shape index (κ2) is 3.76. The summed E-state index contributed by atoms with van der Waals surface area (Å²) in [4.78, 5) is 10.6. The highest BCUT2D eigenvalue weighted by Crippen LogP contribution is 2.47. The van der Waals surface area contributed by atoms with Gasteiger partial charge in [0.25, 0.3) is 0 Å². The van der Waals surface area contributed by atoms with Crippen molar-refractivity contribution in [1.29, 1.82) is 0 Å². The number of allylic oxidation sites excluding steroid dienone is 1. The van der Waals surface area contributed by atoms with E-state index in [2.05, 4.69) is 0 Å². The van der Waals surface area contributed by atoms with Crippen molar-refractivity contribution in [1.82, 2.24) is 0 Å². The summed E-state index contributed by atoms with van der Waals surface area (Å²) in [6, 6.07) is 0. The Morgan fingerprint density at radius 2 is 1.93 bits per heavy atom. The van der Waals surface area contributed by atoms with Gasteiger partial charge in [0, 0.05) is 6.08 Å². The SMILES string of the molecule is C/C(=C\C(=O)O)C1CC2CCC1CC2. The number of fused-ring (bicyclic) bond motifs is 3. The van der Waals surface area contributed by atoms with Crippen molar-refractivity contribution >= 4 is 5.97 Å². The molecule has 1 unspecified atom stereocenters. The van der Waals surface area contributed by atoms with Crippen LogP contribution in [-0.2, 0) is 4.79 Å². The average Bonchev–Trinajstić information content (AvgIpc) is 2.18. The molecule has 78 valence electrons. The second-order valence-electron chi connectivity index (χ2n) is 4.85. The second-order valence-corrected chi connectivity index (χ2v) is 4.85. The summed E-state index contributed by atoms with van der Waals surface area (Å²) in [6.45, 7) is 1.99. The van der Waals surface area contributed by atoms with Gasteiger partial charge in [0.1, 0.15) is 0 Å². The number of hydrogen-bond donors (Lipinski definition) is 1. The molecule has 0 aliphatic heterocycles. The molecule has 3 fully saturated rings. The van der Waals surface area contributed by atoms with Crippen LogP contribution in [0.15, 0.2) is 11.6 Å². The molecular formula is C12H18O2. The van der Waals surface area contributed by atoms with E-state index in [0.29, 0.717) is 5.92 Å². The number of carboxylic acid groups (broad SMARTS) is 1. The van der Waals surface area contributed by atoms with E-state index < -0.39 is 5.97 Å². The first-order valence-electron chi connectivity index (χ1n) is 5.58. The van der Waals surface area contributed by atoms with Gasteiger partial charge < -0.3 is 5.11 Å². The Hall–Kier alpha value is -0.790. The van der Waals surface area contributed by atoms with E-state index in [4.69, 9.17) is 5.11 Å². The van der Waals surface area contributed by atoms with Crippen molar-refractivity contribution in [2.24, 2.45) is 17.8 Å². The van der Waals surface area contributed by atoms with E-state index in [0.717, 1.165) is 17.4 Å². The van der Waals surface area contributed by atoms with Gasteiger partial charge in [0.15, 0.2) is 0 Å². The van der Waals surface area contributed by atoms with Crippen LogP contribution in [0.5, 0.6) is 0 Å². The van der Waals surface area contributed by atoms with Crippen molar-refractivity contribution in [2.45, 2.75) is 39.0 Å². The van der Waals surface area contributed by atoms with E-state index in [-0.39, 0.29) is 0 Å². The molecule has 0 aromatic carbocycles. The zero-order valence-corrected chi connectivity index (χ0v) is 8.70. The van der Waals surface area contributed by atoms with Crippen LogP contribution >= 0.6 is 0 Å². The lowest BCUT2D eigenvalue weighted by atomic mass is 9.63. The van der Waals surface area contributed by atoms with Crippen LogP contribution in [0, 0.1) is 17.8 Å². The summed E-state index contributed by atoms with van der Waals surface area (Å²) in [5, 5.41) is 8.71. The summed E-state index contributed by atoms with van der Waals surface area (Å²) in [5.41, 5.74) is 1.09. The number of aliphatic carboxylic acids is 1. The third-order valence-corrected chi connectivity index (χ3v) is 3.98. The molecule has 3 rings (SSSR count). The Balaban J connectivity index is 2.08. The molecule has 0 spiro atoms. The molecule has 3 aliphatic carbocycles. The Bertz CT molecular complexity index is 259. The Kier molecular flexibility index (Phi) is 2.62. The molecule has 2 heteroatoms. The molecule has 2 nitrogen and oxygen atoms in total. The molecule has 1 N–H and O–H groups in total. The van der Waals surface area contributed by atoms with E-state index >= 15 is 0 Å². The van der Waals surface area contributed by atoms with E-state index in [1.807, 2.05) is 6.92 Å². The fraction of sp³-hybridized carbons (Fsp3) is 0.750. The van der Waals surface area contributed by atoms with Crippen LogP contribution in [0.4, 0.5) is 0 Å². The normalized spacial score (nSPS) is 37.2. The average molecular weight is 194 g/mol. The molecule has 14 heavy (non-hydrogen) atoms. The van der Waals surface area contributed by atoms with Crippen LogP contribution in [0.2, 0.25) is 0 Å². The molecule has 0 radical (unpaired) electrons. The molecule has 1 atom stereocenters. The topological polar surface area (TPSA) is 37.3 Å². The van der Waals surface area contributed by atoms with Crippen molar-refractivity contribution in [3.8, 4) is 0 Å². The summed E-state index contributed by atoms with van der Waals surface area (Å²) < 4.78 is 0. The number of hydrogen-bond acceptors (Lipinski definition) is 1. The Labute approximate surface area is 85.0 Å². The van der Waals surface area contributed by atoms with Gasteiger partial charge in [-0.2, -0.15) is 0 Å². The summed E-state index contributed by atoms with van der Waals surface area (Å²) in [7, 11) is 0. The number of carbonyl (C=O) groups is 1. The van der Waals surface area contributed by atoms with Crippen molar-refractivity contribution in [3.63, 3.8) is 0 Å². The molecule has 3 saturated carbocycles. The molecule has 3 aliphatic rings. The van der Waals surface area contributed by atoms with Crippen molar-refractivity contribution in [2.75, 3.05) is 0 Å². The zero-order valence-electron chi connectivity index (χ0n) is 8.70. The van der Waals surface area contributed by atoms with E-state index in [9.17, 15) is 4.79 Å². The largest absolute Gasteiger partial charge is 0.478 e. The lowest BCUT2D eigenvalue weighted by Gasteiger charge is -2.42. The van der Waals surface area contributed by atoms with Gasteiger partial charge in [-0.15, -0.1) is 0 Å². The van der Waals surface area contributed by atoms with Gasteiger partial charge >= 0.3 is 5.97 Å². The zero-order chi connectivity index (χ0) is 10.1. The lowest BCUT2D eigenvalue weighted by Crippen LogP contribution is -2.31. The van der Waals surface area contributed by atoms with Gasteiger partial charge in [-0.25, -0.2) is 4.79 Å². The fourth-order valence-electron chi connectivity index (χ4n) is 3.24. The third-order valence-electron chi connectivity index (χ3n) is 3.98. The van der Waals surface area contributed by atoms with Crippen molar-refractivity contribution < 1.29 is 9.90 Å². The maximum absolute atomic E-state index is 10.6. The minimum absolute atomic E-state index is 0.568. The Morgan fingerprint density at radius 1 is 1.29 bits per heavy atom. The molecule has 0 amide bonds. The van der Waals surface area contributed by atoms with Crippen LogP contribution in [0.1, 0.15) is 39.0 Å². The first-order valence-corrected chi connectivity index (χ1v) is 5.58. The van der Waals surface area contributed by atoms with Gasteiger partial charge in [0.05, 0.1) is 0 Å². The predicted octanol–water partition coefficient (Wildman–Crippen LogP) is 2.84. The minimum atomic E-state index is -0.788. The first-order chi connectivity index (χ1) is 6.66. The van der Waals surface area contributed by atoms with Gasteiger partial charge in [0.2, 0.25) is 0 Å². The molecular weight excluding hydrogens is 176 g/mol. The third kappa shape index (κ3) is 1.84. The van der Waals surface area contributed by atoms with Gasteiger partial charge in [-0.3, -0.25) is 0 Å². The van der Waals surface area contributed by atoms with Gasteiger partial charge in [-0.05, 0) is 43.9 Å². The minimum Gasteiger partial charge on any atom is -0.478 e. The fourth-order valence-corrected chi connectivity index (χ4v) is 3.24. The maximum atomic E-state index is 10.6. The van der Waals surface area contributed by atoms with Crippen LogP contribution < -0.4 is 0 Å². The molecule has 2 bridgehead atoms. The van der Waals surface area contributed by atoms with E-state index in [1.165, 1.54) is 38.2 Å². The van der Waals surface area contributed by atoms with Crippen LogP contribution in [0.3, 0.4) is 0 Å². The summed E-state index contributed by atoms with van der Waals surface area (Å²) in [5.74, 6) is 1.43. The highest BCUT2D eigenvalue weighted by molar-refractivity contribution is 5.80. The highest BCUT2D eigenvalue weighted by Gasteiger charge is 2.36. The Morgan fingerprint density at radius 3 is 2.36 bits per heavy atom. The first kappa shape index (κ1) is 9.75.